The van der Waals surface area contributed by atoms with Gasteiger partial charge in [-0.1, -0.05) is 33.8 Å². The first-order chi connectivity index (χ1) is 9.18. The number of oxazole rings is 1. The summed E-state index contributed by atoms with van der Waals surface area (Å²) in [4.78, 5) is 11.5. The van der Waals surface area contributed by atoms with Crippen molar-refractivity contribution in [1.82, 2.24) is 4.57 Å². The molecule has 0 spiro atoms. The Hall–Kier alpha value is -1.22. The predicted molar refractivity (Wildman–Crippen MR) is 81.1 cm³/mol. The average Bonchev–Trinajstić information content (AvgIpc) is 2.61. The maximum Gasteiger partial charge on any atom is 0.419 e. The molecule has 0 N–H and O–H groups in total. The average molecular weight is 294 g/mol. The molecule has 20 heavy (non-hydrogen) atoms. The smallest absolute Gasteiger partial charge is 0.408 e. The quantitative estimate of drug-likeness (QED) is 0.782. The fourth-order valence-corrected chi connectivity index (χ4v) is 4.26. The number of hydrogen-bond acceptors (Lipinski definition) is 2. The van der Waals surface area contributed by atoms with Gasteiger partial charge in [0.05, 0.1) is 10.9 Å². The van der Waals surface area contributed by atoms with Crippen molar-refractivity contribution in [2.24, 2.45) is 23.8 Å². The normalized spacial score (nSPS) is 22.1. The van der Waals surface area contributed by atoms with Gasteiger partial charge in [0.25, 0.3) is 0 Å². The summed E-state index contributed by atoms with van der Waals surface area (Å²) in [5.74, 6) is 0.0832. The number of benzene rings is 1. The van der Waals surface area contributed by atoms with Crippen molar-refractivity contribution < 1.29 is 4.42 Å². The number of nitrogens with zero attached hydrogens (tertiary/aromatic N) is 1. The number of halogens is 1. The van der Waals surface area contributed by atoms with Gasteiger partial charge in [0, 0.05) is 7.05 Å². The van der Waals surface area contributed by atoms with Gasteiger partial charge in [-0.2, -0.15) is 0 Å². The van der Waals surface area contributed by atoms with Crippen LogP contribution >= 0.6 is 11.6 Å². The molecule has 1 saturated carbocycles. The van der Waals surface area contributed by atoms with Crippen LogP contribution in [0.5, 0.6) is 0 Å². The first kappa shape index (κ1) is 13.7. The van der Waals surface area contributed by atoms with Crippen LogP contribution in [0.2, 0.25) is 0 Å². The minimum absolute atomic E-state index is 0.0603. The van der Waals surface area contributed by atoms with Gasteiger partial charge in [-0.05, 0) is 34.4 Å². The molecule has 1 unspecified atom stereocenters. The van der Waals surface area contributed by atoms with Gasteiger partial charge >= 0.3 is 5.76 Å². The molecule has 1 fully saturated rings. The van der Waals surface area contributed by atoms with Crippen molar-refractivity contribution in [3.8, 4) is 0 Å². The first-order valence-corrected chi connectivity index (χ1v) is 7.35. The summed E-state index contributed by atoms with van der Waals surface area (Å²) in [7, 11) is 1.71. The van der Waals surface area contributed by atoms with Crippen molar-refractivity contribution in [1.29, 1.82) is 0 Å². The largest absolute Gasteiger partial charge is 0.419 e. The highest BCUT2D eigenvalue weighted by Gasteiger charge is 2.67. The van der Waals surface area contributed by atoms with Gasteiger partial charge in [0.2, 0.25) is 0 Å². The Kier molecular flexibility index (Phi) is 2.69. The molecule has 2 aromatic rings. The minimum Gasteiger partial charge on any atom is -0.408 e. The van der Waals surface area contributed by atoms with E-state index in [9.17, 15) is 4.79 Å². The molecule has 3 rings (SSSR count). The van der Waals surface area contributed by atoms with E-state index in [-0.39, 0.29) is 22.0 Å². The maximum atomic E-state index is 11.5. The molecule has 108 valence electrons. The third kappa shape index (κ3) is 1.62. The van der Waals surface area contributed by atoms with Crippen LogP contribution in [0.15, 0.2) is 27.4 Å². The second-order valence-electron chi connectivity index (χ2n) is 6.98. The van der Waals surface area contributed by atoms with E-state index in [1.165, 1.54) is 4.57 Å². The highest BCUT2D eigenvalue weighted by atomic mass is 35.5. The summed E-state index contributed by atoms with van der Waals surface area (Å²) in [5.41, 5.74) is 2.89. The fraction of sp³-hybridized carbons (Fsp3) is 0.562. The SMILES string of the molecule is Cn1c(=O)oc2cc(C(Cl)C3C(C)(C)C3(C)C)ccc21. The van der Waals surface area contributed by atoms with Gasteiger partial charge < -0.3 is 4.42 Å². The van der Waals surface area contributed by atoms with E-state index in [0.717, 1.165) is 11.1 Å². The van der Waals surface area contributed by atoms with Gasteiger partial charge in [-0.15, -0.1) is 11.6 Å². The number of hydrogen-bond donors (Lipinski definition) is 0. The van der Waals surface area contributed by atoms with E-state index in [0.29, 0.717) is 11.5 Å². The topological polar surface area (TPSA) is 35.1 Å². The Bertz CT molecular complexity index is 725. The van der Waals surface area contributed by atoms with Crippen molar-refractivity contribution in [2.45, 2.75) is 33.1 Å². The molecule has 1 aliphatic carbocycles. The third-order valence-electron chi connectivity index (χ3n) is 5.56. The van der Waals surface area contributed by atoms with Crippen molar-refractivity contribution in [2.75, 3.05) is 0 Å². The molecule has 0 amide bonds. The first-order valence-electron chi connectivity index (χ1n) is 6.91. The van der Waals surface area contributed by atoms with E-state index in [1.807, 2.05) is 18.2 Å². The van der Waals surface area contributed by atoms with Crippen LogP contribution < -0.4 is 5.76 Å². The number of fused-ring (bicyclic) bond motifs is 1. The van der Waals surface area contributed by atoms with Crippen molar-refractivity contribution in [3.05, 3.63) is 34.3 Å². The Morgan fingerprint density at radius 1 is 1.25 bits per heavy atom. The Morgan fingerprint density at radius 2 is 1.85 bits per heavy atom. The van der Waals surface area contributed by atoms with Gasteiger partial charge in [0.1, 0.15) is 0 Å². The lowest BCUT2D eigenvalue weighted by Crippen LogP contribution is -2.08. The molecule has 0 bridgehead atoms. The lowest BCUT2D eigenvalue weighted by Gasteiger charge is -2.12. The van der Waals surface area contributed by atoms with Crippen LogP contribution in [0.3, 0.4) is 0 Å². The van der Waals surface area contributed by atoms with E-state index in [1.54, 1.807) is 7.05 Å². The molecule has 1 aliphatic rings. The molecule has 1 heterocycles. The summed E-state index contributed by atoms with van der Waals surface area (Å²) >= 11 is 6.69. The highest BCUT2D eigenvalue weighted by molar-refractivity contribution is 6.21. The summed E-state index contributed by atoms with van der Waals surface area (Å²) in [6, 6.07) is 5.81. The van der Waals surface area contributed by atoms with Crippen molar-refractivity contribution >= 4 is 22.7 Å². The predicted octanol–water partition coefficient (Wildman–Crippen LogP) is 4.09. The number of aromatic nitrogens is 1. The standard InChI is InChI=1S/C16H20ClNO2/c1-15(2)13(16(15,3)4)12(17)9-6-7-10-11(8-9)20-14(19)18(10)5/h6-8,12-13H,1-5H3. The van der Waals surface area contributed by atoms with Crippen LogP contribution in [-0.4, -0.2) is 4.57 Å². The van der Waals surface area contributed by atoms with Gasteiger partial charge in [-0.3, -0.25) is 4.57 Å². The van der Waals surface area contributed by atoms with E-state index in [2.05, 4.69) is 27.7 Å². The monoisotopic (exact) mass is 293 g/mol. The zero-order valence-electron chi connectivity index (χ0n) is 12.5. The maximum absolute atomic E-state index is 11.5. The lowest BCUT2D eigenvalue weighted by atomic mass is 10.0. The van der Waals surface area contributed by atoms with Gasteiger partial charge in [-0.25, -0.2) is 4.79 Å². The minimum atomic E-state index is -0.338. The molecule has 3 nitrogen and oxygen atoms in total. The molecule has 0 radical (unpaired) electrons. The molecule has 4 heteroatoms. The highest BCUT2D eigenvalue weighted by Crippen LogP contribution is 2.73. The Morgan fingerprint density at radius 3 is 2.40 bits per heavy atom. The van der Waals surface area contributed by atoms with Gasteiger partial charge in [0.15, 0.2) is 5.58 Å². The number of aryl methyl sites for hydroxylation is 1. The summed E-state index contributed by atoms with van der Waals surface area (Å²) in [5, 5.41) is -0.0603. The molecule has 1 atom stereocenters. The summed E-state index contributed by atoms with van der Waals surface area (Å²) in [6.07, 6.45) is 0. The van der Waals surface area contributed by atoms with E-state index < -0.39 is 0 Å². The second-order valence-corrected chi connectivity index (χ2v) is 7.45. The zero-order chi connectivity index (χ0) is 14.9. The van der Waals surface area contributed by atoms with E-state index >= 15 is 0 Å². The van der Waals surface area contributed by atoms with Crippen LogP contribution in [0.4, 0.5) is 0 Å². The van der Waals surface area contributed by atoms with E-state index in [4.69, 9.17) is 16.0 Å². The molecule has 0 saturated heterocycles. The van der Waals surface area contributed by atoms with Crippen molar-refractivity contribution in [3.63, 3.8) is 0 Å². The third-order valence-corrected chi connectivity index (χ3v) is 6.06. The number of rotatable bonds is 2. The Labute approximate surface area is 123 Å². The molecule has 1 aromatic heterocycles. The van der Waals surface area contributed by atoms with Crippen LogP contribution in [0, 0.1) is 16.7 Å². The Balaban J connectivity index is 2.02. The van der Waals surface area contributed by atoms with Crippen LogP contribution in [-0.2, 0) is 7.05 Å². The van der Waals surface area contributed by atoms with Crippen LogP contribution in [0.1, 0.15) is 38.6 Å². The molecule has 0 aliphatic heterocycles. The zero-order valence-corrected chi connectivity index (χ0v) is 13.3. The number of alkyl halides is 1. The summed E-state index contributed by atoms with van der Waals surface area (Å²) < 4.78 is 6.75. The van der Waals surface area contributed by atoms with Crippen LogP contribution in [0.25, 0.3) is 11.1 Å². The summed E-state index contributed by atoms with van der Waals surface area (Å²) in [6.45, 7) is 9.03. The molecular formula is C16H20ClNO2. The second kappa shape index (κ2) is 3.91. The lowest BCUT2D eigenvalue weighted by molar-refractivity contribution is 0.457. The molecular weight excluding hydrogens is 274 g/mol. The fourth-order valence-electron chi connectivity index (χ4n) is 3.49. The molecule has 1 aromatic carbocycles.